The van der Waals surface area contributed by atoms with Gasteiger partial charge in [-0.15, -0.1) is 0 Å². The summed E-state index contributed by atoms with van der Waals surface area (Å²) in [4.78, 5) is 4.37. The molecule has 0 saturated heterocycles. The van der Waals surface area contributed by atoms with Crippen LogP contribution in [-0.4, -0.2) is 4.98 Å². The van der Waals surface area contributed by atoms with Gasteiger partial charge in [-0.25, -0.2) is 4.98 Å². The standard InChI is InChI=1S/C13H12NO3P/c1-4-8-14-9(7(16-8)5-6(2)3)10-11-12-13(17-10)18(11,12)15/h4,6H,1,5H2,2-3H3. The van der Waals surface area contributed by atoms with Gasteiger partial charge in [-0.05, 0) is 12.0 Å². The van der Waals surface area contributed by atoms with Gasteiger partial charge in [0.15, 0.2) is 11.3 Å². The van der Waals surface area contributed by atoms with Gasteiger partial charge in [0.05, 0.1) is 10.6 Å². The summed E-state index contributed by atoms with van der Waals surface area (Å²) in [6.45, 7) is 7.89. The number of hydrogen-bond donors (Lipinski definition) is 0. The van der Waals surface area contributed by atoms with Gasteiger partial charge in [-0.1, -0.05) is 20.4 Å². The molecule has 3 aliphatic heterocycles. The topological polar surface area (TPSA) is 56.2 Å². The molecule has 18 heavy (non-hydrogen) atoms. The molecule has 0 saturated carbocycles. The second-order valence-electron chi connectivity index (χ2n) is 5.17. The Morgan fingerprint density at radius 1 is 1.39 bits per heavy atom. The minimum atomic E-state index is -2.18. The van der Waals surface area contributed by atoms with Gasteiger partial charge < -0.3 is 13.4 Å². The second kappa shape index (κ2) is 2.89. The molecule has 0 fully saturated rings. The number of fused-ring (bicyclic) bond motifs is 1. The summed E-state index contributed by atoms with van der Waals surface area (Å²) in [5.41, 5.74) is 1.41. The van der Waals surface area contributed by atoms with E-state index < -0.39 is 7.14 Å². The monoisotopic (exact) mass is 261 g/mol. The molecule has 0 amide bonds. The third-order valence-electron chi connectivity index (χ3n) is 3.35. The quantitative estimate of drug-likeness (QED) is 0.527. The molecular weight excluding hydrogens is 249 g/mol. The van der Waals surface area contributed by atoms with Crippen molar-refractivity contribution in [3.05, 3.63) is 18.2 Å². The average Bonchev–Trinajstić information content (AvgIpc) is 2.90. The highest BCUT2D eigenvalue weighted by atomic mass is 31.2. The first-order valence-electron chi connectivity index (χ1n) is 5.98. The summed E-state index contributed by atoms with van der Waals surface area (Å²) in [6, 6.07) is 0. The van der Waals surface area contributed by atoms with Crippen LogP contribution in [0.4, 0.5) is 0 Å². The van der Waals surface area contributed by atoms with E-state index in [0.717, 1.165) is 22.8 Å². The van der Waals surface area contributed by atoms with Crippen LogP contribution in [0, 0.1) is 5.92 Å². The molecule has 0 radical (unpaired) electrons. The van der Waals surface area contributed by atoms with Crippen molar-refractivity contribution < 1.29 is 13.4 Å². The number of oxazole rings is 1. The zero-order valence-electron chi connectivity index (χ0n) is 10.2. The van der Waals surface area contributed by atoms with E-state index >= 15 is 0 Å². The Morgan fingerprint density at radius 3 is 2.61 bits per heavy atom. The smallest absolute Gasteiger partial charge is 0.219 e. The van der Waals surface area contributed by atoms with Crippen LogP contribution < -0.4 is 16.1 Å². The van der Waals surface area contributed by atoms with Crippen molar-refractivity contribution in [2.75, 3.05) is 0 Å². The Kier molecular flexibility index (Phi) is 1.67. The van der Waals surface area contributed by atoms with E-state index in [2.05, 4.69) is 25.4 Å². The van der Waals surface area contributed by atoms with Crippen molar-refractivity contribution in [2.45, 2.75) is 20.3 Å². The van der Waals surface area contributed by atoms with Gasteiger partial charge in [0, 0.05) is 6.42 Å². The van der Waals surface area contributed by atoms with E-state index in [-0.39, 0.29) is 0 Å². The number of rotatable bonds is 4. The van der Waals surface area contributed by atoms with E-state index in [1.807, 2.05) is 0 Å². The first-order valence-corrected chi connectivity index (χ1v) is 7.69. The van der Waals surface area contributed by atoms with Crippen LogP contribution in [0.3, 0.4) is 0 Å². The molecule has 0 N–H and O–H groups in total. The van der Waals surface area contributed by atoms with Crippen molar-refractivity contribution >= 4 is 29.3 Å². The van der Waals surface area contributed by atoms with Crippen LogP contribution in [0.5, 0.6) is 0 Å². The van der Waals surface area contributed by atoms with Gasteiger partial charge in [0.2, 0.25) is 13.0 Å². The van der Waals surface area contributed by atoms with E-state index in [1.54, 1.807) is 6.08 Å². The van der Waals surface area contributed by atoms with Gasteiger partial charge in [0.25, 0.3) is 0 Å². The fourth-order valence-corrected chi connectivity index (χ4v) is 4.89. The maximum absolute atomic E-state index is 12.0. The molecule has 0 aromatic carbocycles. The predicted molar refractivity (Wildman–Crippen MR) is 69.3 cm³/mol. The second-order valence-corrected chi connectivity index (χ2v) is 7.69. The SMILES string of the molecule is C=Cc1nc(-c2oc3c4c2P34=O)c(CC(C)C)o1. The van der Waals surface area contributed by atoms with Crippen LogP contribution in [-0.2, 0) is 11.0 Å². The molecule has 5 heteroatoms. The molecule has 92 valence electrons. The zero-order chi connectivity index (χ0) is 12.7. The maximum atomic E-state index is 12.0. The van der Waals surface area contributed by atoms with Gasteiger partial charge in [-0.3, -0.25) is 0 Å². The molecule has 1 unspecified atom stereocenters. The molecular formula is C13H12NO3P. The summed E-state index contributed by atoms with van der Waals surface area (Å²) in [5, 5.41) is 1.85. The van der Waals surface area contributed by atoms with Gasteiger partial charge in [0.1, 0.15) is 11.5 Å². The number of hydrogen-bond acceptors (Lipinski definition) is 4. The Labute approximate surface area is 104 Å². The Balaban J connectivity index is 1.83. The third kappa shape index (κ3) is 1.03. The zero-order valence-corrected chi connectivity index (χ0v) is 11.1. The van der Waals surface area contributed by atoms with Crippen molar-refractivity contribution in [3.8, 4) is 11.5 Å². The van der Waals surface area contributed by atoms with Crippen LogP contribution in [0.1, 0.15) is 25.5 Å². The molecule has 0 aliphatic carbocycles. The number of nitrogens with zero attached hydrogens (tertiary/aromatic N) is 1. The van der Waals surface area contributed by atoms with Crippen LogP contribution in [0.25, 0.3) is 17.5 Å². The lowest BCUT2D eigenvalue weighted by molar-refractivity contribution is 0.462. The number of aromatic nitrogens is 1. The highest BCUT2D eigenvalue weighted by Crippen LogP contribution is 2.70. The number of furan rings is 1. The minimum Gasteiger partial charge on any atom is -0.449 e. The third-order valence-corrected chi connectivity index (χ3v) is 5.91. The van der Waals surface area contributed by atoms with Crippen molar-refractivity contribution in [2.24, 2.45) is 5.92 Å². The van der Waals surface area contributed by atoms with E-state index in [1.165, 1.54) is 0 Å². The normalized spacial score (nSPS) is 22.2. The molecule has 3 aliphatic rings. The highest BCUT2D eigenvalue weighted by Gasteiger charge is 2.75. The Hall–Kier alpha value is -1.54. The highest BCUT2D eigenvalue weighted by molar-refractivity contribution is 8.06. The Morgan fingerprint density at radius 2 is 2.11 bits per heavy atom. The lowest BCUT2D eigenvalue weighted by Gasteiger charge is -2.01. The van der Waals surface area contributed by atoms with Crippen LogP contribution in [0.2, 0.25) is 0 Å². The van der Waals surface area contributed by atoms with Gasteiger partial charge in [-0.2, -0.15) is 0 Å². The molecule has 2 aromatic rings. The Bertz CT molecular complexity index is 742. The van der Waals surface area contributed by atoms with Crippen molar-refractivity contribution in [3.63, 3.8) is 0 Å². The molecule has 4 nitrogen and oxygen atoms in total. The van der Waals surface area contributed by atoms with Crippen LogP contribution >= 0.6 is 7.14 Å². The molecule has 5 rings (SSSR count). The summed E-state index contributed by atoms with van der Waals surface area (Å²) in [6.07, 6.45) is 2.36. The van der Waals surface area contributed by atoms with E-state index in [4.69, 9.17) is 8.83 Å². The largest absolute Gasteiger partial charge is 0.449 e. The molecule has 5 heterocycles. The lowest BCUT2D eigenvalue weighted by Crippen LogP contribution is -1.99. The fourth-order valence-electron chi connectivity index (χ4n) is 2.40. The molecule has 2 aromatic heterocycles. The van der Waals surface area contributed by atoms with Crippen molar-refractivity contribution in [1.82, 2.24) is 4.98 Å². The minimum absolute atomic E-state index is 0.458. The van der Waals surface area contributed by atoms with Crippen molar-refractivity contribution in [1.29, 1.82) is 0 Å². The summed E-state index contributed by atoms with van der Waals surface area (Å²) in [5.74, 6) is 2.41. The summed E-state index contributed by atoms with van der Waals surface area (Å²) < 4.78 is 23.2. The first-order chi connectivity index (χ1) is 8.57. The van der Waals surface area contributed by atoms with E-state index in [0.29, 0.717) is 28.8 Å². The molecule has 2 bridgehead atoms. The maximum Gasteiger partial charge on any atom is 0.219 e. The van der Waals surface area contributed by atoms with Gasteiger partial charge >= 0.3 is 0 Å². The molecule has 0 spiro atoms. The first kappa shape index (κ1) is 10.4. The summed E-state index contributed by atoms with van der Waals surface area (Å²) in [7, 11) is -2.18. The summed E-state index contributed by atoms with van der Waals surface area (Å²) >= 11 is 0. The fraction of sp³-hybridized carbons (Fsp3) is 0.308. The van der Waals surface area contributed by atoms with E-state index in [9.17, 15) is 4.57 Å². The molecule has 1 atom stereocenters. The average molecular weight is 261 g/mol. The predicted octanol–water partition coefficient (Wildman–Crippen LogP) is 2.04. The lowest BCUT2D eigenvalue weighted by atomic mass is 10.1. The van der Waals surface area contributed by atoms with Crippen LogP contribution in [0.15, 0.2) is 15.4 Å².